The van der Waals surface area contributed by atoms with Gasteiger partial charge in [0.1, 0.15) is 0 Å². The maximum atomic E-state index is 9.96. The Kier molecular flexibility index (Phi) is 8.52. The summed E-state index contributed by atoms with van der Waals surface area (Å²) >= 11 is 0. The molecule has 0 aliphatic heterocycles. The summed E-state index contributed by atoms with van der Waals surface area (Å²) in [6, 6.07) is 0. The molecule has 0 saturated heterocycles. The van der Waals surface area contributed by atoms with Crippen molar-refractivity contribution >= 4 is 23.1 Å². The normalized spacial score (nSPS) is 8.29. The smallest absolute Gasteiger partial charge is 0.187 e. The minimum absolute atomic E-state index is 0. The number of carbonyl (C=O) groups excluding carboxylic acids is 1. The van der Waals surface area contributed by atoms with Crippen LogP contribution < -0.4 is 0 Å². The van der Waals surface area contributed by atoms with Crippen molar-refractivity contribution in [2.75, 3.05) is 0 Å². The predicted molar refractivity (Wildman–Crippen MR) is 35.4 cm³/mol. The second-order valence-corrected chi connectivity index (χ2v) is 1.11. The van der Waals surface area contributed by atoms with E-state index in [1.54, 1.807) is 6.08 Å². The molecule has 7 heavy (non-hydrogen) atoms. The van der Waals surface area contributed by atoms with Gasteiger partial charge in [0, 0.05) is 0 Å². The molecule has 1 nitrogen and oxygen atoms in total. The van der Waals surface area contributed by atoms with Crippen molar-refractivity contribution < 1.29 is 4.79 Å². The Bertz CT molecular complexity index is 76.1. The van der Waals surface area contributed by atoms with Gasteiger partial charge >= 0.3 is 0 Å². The van der Waals surface area contributed by atoms with Crippen LogP contribution >= 0.6 is 0 Å². The molecular formula is C5H11AlO. The first-order valence-corrected chi connectivity index (χ1v) is 1.90. The van der Waals surface area contributed by atoms with Crippen LogP contribution in [0.1, 0.15) is 13.8 Å². The number of carbonyl (C=O) groups is 1. The highest BCUT2D eigenvalue weighted by Gasteiger charge is 1.73. The summed E-state index contributed by atoms with van der Waals surface area (Å²) in [5.74, 6) is 0.109. The van der Waals surface area contributed by atoms with Gasteiger partial charge in [0.05, 0.1) is 0 Å². The zero-order valence-electron chi connectivity index (χ0n) is 4.06. The van der Waals surface area contributed by atoms with Crippen molar-refractivity contribution in [3.05, 3.63) is 12.2 Å². The van der Waals surface area contributed by atoms with E-state index in [4.69, 9.17) is 0 Å². The average molecular weight is 114 g/mol. The van der Waals surface area contributed by atoms with Gasteiger partial charge in [-0.1, -0.05) is 6.08 Å². The fourth-order valence-electron chi connectivity index (χ4n) is 0.235. The number of hydrogen-bond acceptors (Lipinski definition) is 1. The third-order valence-electron chi connectivity index (χ3n) is 0.401. The highest BCUT2D eigenvalue weighted by Crippen LogP contribution is 1.69. The standard InChI is InChI=1S/C5H8O.Al.3H/c1-3-4-5(2)6;;;;/h3-4H,1-2H3;;;;. The van der Waals surface area contributed by atoms with E-state index in [1.165, 1.54) is 13.0 Å². The van der Waals surface area contributed by atoms with Gasteiger partial charge in [0.15, 0.2) is 23.1 Å². The molecule has 0 spiro atoms. The Hall–Kier alpha value is -0.0575. The van der Waals surface area contributed by atoms with Gasteiger partial charge in [0.25, 0.3) is 0 Å². The Morgan fingerprint density at radius 1 is 1.57 bits per heavy atom. The second kappa shape index (κ2) is 5.94. The quantitative estimate of drug-likeness (QED) is 0.345. The lowest BCUT2D eigenvalue weighted by molar-refractivity contribution is -0.112. The molecule has 0 N–H and O–H groups in total. The first kappa shape index (κ1) is 10.0. The average Bonchev–Trinajstić information content (AvgIpc) is 1.35. The van der Waals surface area contributed by atoms with Crippen molar-refractivity contribution in [1.29, 1.82) is 0 Å². The maximum Gasteiger partial charge on any atom is 0.187 e. The topological polar surface area (TPSA) is 17.1 Å². The first-order valence-electron chi connectivity index (χ1n) is 1.90. The van der Waals surface area contributed by atoms with Crippen molar-refractivity contribution in [2.45, 2.75) is 13.8 Å². The van der Waals surface area contributed by atoms with Crippen molar-refractivity contribution in [3.63, 3.8) is 0 Å². The summed E-state index contributed by atoms with van der Waals surface area (Å²) in [4.78, 5) is 9.96. The number of rotatable bonds is 1. The molecule has 0 aliphatic rings. The molecule has 0 aromatic heterocycles. The van der Waals surface area contributed by atoms with Crippen molar-refractivity contribution in [1.82, 2.24) is 0 Å². The van der Waals surface area contributed by atoms with E-state index >= 15 is 0 Å². The molecule has 2 heteroatoms. The van der Waals surface area contributed by atoms with Gasteiger partial charge < -0.3 is 0 Å². The Labute approximate surface area is 54.5 Å². The zero-order chi connectivity index (χ0) is 4.99. The molecule has 0 radical (unpaired) electrons. The summed E-state index contributed by atoms with van der Waals surface area (Å²) in [5.41, 5.74) is 0. The number of allylic oxidation sites excluding steroid dienone is 2. The van der Waals surface area contributed by atoms with Gasteiger partial charge in [0.2, 0.25) is 0 Å². The first-order chi connectivity index (χ1) is 2.77. The molecule has 0 saturated carbocycles. The fourth-order valence-corrected chi connectivity index (χ4v) is 0.235. The molecule has 0 fully saturated rings. The van der Waals surface area contributed by atoms with Crippen LogP contribution in [0.15, 0.2) is 12.2 Å². The third kappa shape index (κ3) is 10.7. The second-order valence-electron chi connectivity index (χ2n) is 1.11. The molecule has 0 aromatic rings. The molecule has 0 heterocycles. The number of ketones is 1. The molecule has 40 valence electrons. The van der Waals surface area contributed by atoms with Crippen LogP contribution in [0.4, 0.5) is 0 Å². The van der Waals surface area contributed by atoms with Crippen molar-refractivity contribution in [2.24, 2.45) is 0 Å². The zero-order valence-corrected chi connectivity index (χ0v) is 4.06. The Morgan fingerprint density at radius 3 is 2.00 bits per heavy atom. The van der Waals surface area contributed by atoms with Gasteiger partial charge in [-0.25, -0.2) is 0 Å². The van der Waals surface area contributed by atoms with Gasteiger partial charge in [-0.15, -0.1) is 0 Å². The van der Waals surface area contributed by atoms with Gasteiger partial charge in [-0.3, -0.25) is 4.79 Å². The lowest BCUT2D eigenvalue weighted by Gasteiger charge is -1.68. The van der Waals surface area contributed by atoms with Gasteiger partial charge in [-0.05, 0) is 19.9 Å². The van der Waals surface area contributed by atoms with E-state index in [9.17, 15) is 4.79 Å². The minimum Gasteiger partial charge on any atom is -0.295 e. The summed E-state index contributed by atoms with van der Waals surface area (Å²) in [7, 11) is 0. The number of hydrogen-bond donors (Lipinski definition) is 0. The van der Waals surface area contributed by atoms with Crippen LogP contribution in [-0.2, 0) is 4.79 Å². The van der Waals surface area contributed by atoms with Crippen LogP contribution in [0.3, 0.4) is 0 Å². The van der Waals surface area contributed by atoms with Crippen LogP contribution in [0.2, 0.25) is 0 Å². The highest BCUT2D eigenvalue weighted by atomic mass is 27.0. The van der Waals surface area contributed by atoms with Crippen LogP contribution in [-0.4, -0.2) is 23.1 Å². The lowest BCUT2D eigenvalue weighted by atomic mass is 10.4. The summed E-state index contributed by atoms with van der Waals surface area (Å²) in [6.45, 7) is 3.35. The van der Waals surface area contributed by atoms with Gasteiger partial charge in [-0.2, -0.15) is 0 Å². The van der Waals surface area contributed by atoms with E-state index in [0.29, 0.717) is 0 Å². The maximum absolute atomic E-state index is 9.96. The molecule has 0 amide bonds. The van der Waals surface area contributed by atoms with E-state index < -0.39 is 0 Å². The fraction of sp³-hybridized carbons (Fsp3) is 0.400. The lowest BCUT2D eigenvalue weighted by Crippen LogP contribution is -1.76. The molecule has 0 unspecified atom stereocenters. The molecule has 0 aliphatic carbocycles. The summed E-state index contributed by atoms with van der Waals surface area (Å²) in [5, 5.41) is 0. The molecule has 0 bridgehead atoms. The minimum atomic E-state index is 0. The Balaban J connectivity index is 0. The highest BCUT2D eigenvalue weighted by molar-refractivity contribution is 5.87. The van der Waals surface area contributed by atoms with E-state index in [-0.39, 0.29) is 23.1 Å². The van der Waals surface area contributed by atoms with Crippen LogP contribution in [0.25, 0.3) is 0 Å². The molecule has 0 atom stereocenters. The monoisotopic (exact) mass is 114 g/mol. The van der Waals surface area contributed by atoms with E-state index in [1.807, 2.05) is 6.92 Å². The Morgan fingerprint density at radius 2 is 2.00 bits per heavy atom. The van der Waals surface area contributed by atoms with E-state index in [2.05, 4.69) is 0 Å². The third-order valence-corrected chi connectivity index (χ3v) is 0.401. The molecule has 0 rings (SSSR count). The van der Waals surface area contributed by atoms with E-state index in [0.717, 1.165) is 0 Å². The molecule has 0 aromatic carbocycles. The van der Waals surface area contributed by atoms with Crippen LogP contribution in [0.5, 0.6) is 0 Å². The molecular weight excluding hydrogens is 103 g/mol. The summed E-state index contributed by atoms with van der Waals surface area (Å²) < 4.78 is 0. The van der Waals surface area contributed by atoms with Crippen molar-refractivity contribution in [3.8, 4) is 0 Å². The SMILES string of the molecule is CC=CC(C)=O.[AlH3]. The predicted octanol–water partition coefficient (Wildman–Crippen LogP) is -0.0324. The van der Waals surface area contributed by atoms with Crippen LogP contribution in [0, 0.1) is 0 Å². The summed E-state index contributed by atoms with van der Waals surface area (Å²) in [6.07, 6.45) is 3.25. The largest absolute Gasteiger partial charge is 0.295 e.